The lowest BCUT2D eigenvalue weighted by molar-refractivity contribution is 0.942. The number of fused-ring (bicyclic) bond motifs is 1. The number of anilines is 2. The predicted octanol–water partition coefficient (Wildman–Crippen LogP) is 3.48. The molecule has 0 aliphatic rings. The second-order valence-electron chi connectivity index (χ2n) is 4.71. The Morgan fingerprint density at radius 1 is 1.10 bits per heavy atom. The third-order valence-corrected chi connectivity index (χ3v) is 4.42. The van der Waals surface area contributed by atoms with E-state index in [9.17, 15) is 0 Å². The van der Waals surface area contributed by atoms with Crippen LogP contribution in [0.5, 0.6) is 0 Å². The summed E-state index contributed by atoms with van der Waals surface area (Å²) < 4.78 is 0. The van der Waals surface area contributed by atoms with Crippen LogP contribution in [-0.4, -0.2) is 9.97 Å². The molecule has 3 rings (SSSR count). The normalized spacial score (nSPS) is 11.1. The number of benzene rings is 1. The first-order chi connectivity index (χ1) is 9.70. The van der Waals surface area contributed by atoms with Gasteiger partial charge in [-0.3, -0.25) is 0 Å². The average Bonchev–Trinajstić information content (AvgIpc) is 2.80. The van der Waals surface area contributed by atoms with Crippen LogP contribution in [0, 0.1) is 0 Å². The summed E-state index contributed by atoms with van der Waals surface area (Å²) in [5.74, 6) is 0.542. The van der Waals surface area contributed by atoms with Crippen LogP contribution in [-0.2, 0) is 6.42 Å². The zero-order valence-electron chi connectivity index (χ0n) is 11.3. The molecule has 0 spiro atoms. The van der Waals surface area contributed by atoms with E-state index in [2.05, 4.69) is 16.9 Å². The summed E-state index contributed by atoms with van der Waals surface area (Å²) in [5, 5.41) is 0.964. The fourth-order valence-corrected chi connectivity index (χ4v) is 3.63. The van der Waals surface area contributed by atoms with Gasteiger partial charge in [0.15, 0.2) is 0 Å². The predicted molar refractivity (Wildman–Crippen MR) is 85.7 cm³/mol. The number of hydrogen-bond donors (Lipinski definition) is 2. The number of thiophene rings is 1. The van der Waals surface area contributed by atoms with Crippen molar-refractivity contribution in [2.75, 3.05) is 11.5 Å². The van der Waals surface area contributed by atoms with Gasteiger partial charge >= 0.3 is 0 Å². The maximum atomic E-state index is 6.06. The molecule has 0 unspecified atom stereocenters. The van der Waals surface area contributed by atoms with E-state index in [1.807, 2.05) is 24.3 Å². The Bertz CT molecular complexity index is 746. The van der Waals surface area contributed by atoms with Gasteiger partial charge in [0.25, 0.3) is 0 Å². The van der Waals surface area contributed by atoms with Crippen LogP contribution in [0.1, 0.15) is 18.2 Å². The summed E-state index contributed by atoms with van der Waals surface area (Å²) in [4.78, 5) is 10.7. The van der Waals surface area contributed by atoms with Crippen molar-refractivity contribution in [2.24, 2.45) is 0 Å². The molecular weight excluding hydrogens is 268 g/mol. The Kier molecular flexibility index (Phi) is 3.28. The van der Waals surface area contributed by atoms with Crippen LogP contribution in [0.25, 0.3) is 21.3 Å². The lowest BCUT2D eigenvalue weighted by Crippen LogP contribution is -1.93. The Morgan fingerprint density at radius 3 is 2.55 bits per heavy atom. The first-order valence-electron chi connectivity index (χ1n) is 6.58. The molecule has 2 aromatic heterocycles. The molecular formula is C15H16N4S. The molecule has 0 amide bonds. The summed E-state index contributed by atoms with van der Waals surface area (Å²) >= 11 is 1.70. The standard InChI is InChI=1S/C15H16N4S/c1-2-3-11-12(9-4-6-10(16)7-5-9)13-14(17)18-8-19-15(13)20-11/h4-8H,2-3,16H2,1H3,(H2,17,18,19). The monoisotopic (exact) mass is 284 g/mol. The zero-order chi connectivity index (χ0) is 14.1. The van der Waals surface area contributed by atoms with E-state index in [4.69, 9.17) is 11.5 Å². The largest absolute Gasteiger partial charge is 0.399 e. The molecule has 0 bridgehead atoms. The number of aryl methyl sites for hydroxylation is 1. The SMILES string of the molecule is CCCc1sc2ncnc(N)c2c1-c1ccc(N)cc1. The number of aromatic nitrogens is 2. The van der Waals surface area contributed by atoms with Crippen molar-refractivity contribution < 1.29 is 0 Å². The molecule has 0 aliphatic heterocycles. The van der Waals surface area contributed by atoms with E-state index >= 15 is 0 Å². The summed E-state index contributed by atoms with van der Waals surface area (Å²) in [5.41, 5.74) is 14.9. The van der Waals surface area contributed by atoms with Crippen molar-refractivity contribution in [2.45, 2.75) is 19.8 Å². The van der Waals surface area contributed by atoms with Crippen molar-refractivity contribution in [3.63, 3.8) is 0 Å². The summed E-state index contributed by atoms with van der Waals surface area (Å²) in [6, 6.07) is 7.88. The van der Waals surface area contributed by atoms with Crippen LogP contribution in [0.4, 0.5) is 11.5 Å². The van der Waals surface area contributed by atoms with Gasteiger partial charge in [-0.05, 0) is 24.1 Å². The van der Waals surface area contributed by atoms with E-state index in [1.165, 1.54) is 11.2 Å². The smallest absolute Gasteiger partial charge is 0.136 e. The molecule has 20 heavy (non-hydrogen) atoms. The van der Waals surface area contributed by atoms with Crippen molar-refractivity contribution >= 4 is 33.1 Å². The second-order valence-corrected chi connectivity index (χ2v) is 5.79. The van der Waals surface area contributed by atoms with Gasteiger partial charge in [-0.2, -0.15) is 0 Å². The molecule has 0 radical (unpaired) electrons. The maximum absolute atomic E-state index is 6.06. The highest BCUT2D eigenvalue weighted by Crippen LogP contribution is 2.40. The van der Waals surface area contributed by atoms with Gasteiger partial charge in [-0.15, -0.1) is 11.3 Å². The molecule has 0 saturated carbocycles. The minimum absolute atomic E-state index is 0.542. The van der Waals surface area contributed by atoms with E-state index in [0.717, 1.165) is 39.9 Å². The summed E-state index contributed by atoms with van der Waals surface area (Å²) in [7, 11) is 0. The van der Waals surface area contributed by atoms with Crippen LogP contribution >= 0.6 is 11.3 Å². The van der Waals surface area contributed by atoms with E-state index in [0.29, 0.717) is 5.82 Å². The van der Waals surface area contributed by atoms with Gasteiger partial charge in [-0.25, -0.2) is 9.97 Å². The average molecular weight is 284 g/mol. The number of hydrogen-bond acceptors (Lipinski definition) is 5. The van der Waals surface area contributed by atoms with Crippen molar-refractivity contribution in [3.8, 4) is 11.1 Å². The number of nitrogen functional groups attached to an aromatic ring is 2. The molecule has 4 nitrogen and oxygen atoms in total. The van der Waals surface area contributed by atoms with Gasteiger partial charge < -0.3 is 11.5 Å². The topological polar surface area (TPSA) is 77.8 Å². The fraction of sp³-hybridized carbons (Fsp3) is 0.200. The van der Waals surface area contributed by atoms with Crippen molar-refractivity contribution in [1.29, 1.82) is 0 Å². The molecule has 0 saturated heterocycles. The fourth-order valence-electron chi connectivity index (χ4n) is 2.36. The third kappa shape index (κ3) is 2.10. The Labute approximate surface area is 121 Å². The van der Waals surface area contributed by atoms with E-state index in [1.54, 1.807) is 11.3 Å². The van der Waals surface area contributed by atoms with Crippen LogP contribution in [0.2, 0.25) is 0 Å². The maximum Gasteiger partial charge on any atom is 0.136 e. The second kappa shape index (κ2) is 5.09. The molecule has 0 aliphatic carbocycles. The first kappa shape index (κ1) is 12.9. The van der Waals surface area contributed by atoms with Crippen LogP contribution in [0.15, 0.2) is 30.6 Å². The van der Waals surface area contributed by atoms with Gasteiger partial charge in [0.2, 0.25) is 0 Å². The Hall–Kier alpha value is -2.14. The molecule has 5 heteroatoms. The van der Waals surface area contributed by atoms with Gasteiger partial charge in [0, 0.05) is 16.1 Å². The van der Waals surface area contributed by atoms with Crippen LogP contribution < -0.4 is 11.5 Å². The summed E-state index contributed by atoms with van der Waals surface area (Å²) in [6.07, 6.45) is 3.62. The highest BCUT2D eigenvalue weighted by atomic mass is 32.1. The van der Waals surface area contributed by atoms with Crippen LogP contribution in [0.3, 0.4) is 0 Å². The quantitative estimate of drug-likeness (QED) is 0.722. The molecule has 0 fully saturated rings. The Morgan fingerprint density at radius 2 is 1.85 bits per heavy atom. The van der Waals surface area contributed by atoms with Gasteiger partial charge in [-0.1, -0.05) is 25.5 Å². The molecule has 1 aromatic carbocycles. The molecule has 0 atom stereocenters. The van der Waals surface area contributed by atoms with Gasteiger partial charge in [0.1, 0.15) is 17.0 Å². The van der Waals surface area contributed by atoms with E-state index in [-0.39, 0.29) is 0 Å². The number of rotatable bonds is 3. The van der Waals surface area contributed by atoms with Crippen molar-refractivity contribution in [1.82, 2.24) is 9.97 Å². The first-order valence-corrected chi connectivity index (χ1v) is 7.40. The highest BCUT2D eigenvalue weighted by molar-refractivity contribution is 7.19. The molecule has 2 heterocycles. The highest BCUT2D eigenvalue weighted by Gasteiger charge is 2.17. The lowest BCUT2D eigenvalue weighted by atomic mass is 10.0. The number of nitrogens with zero attached hydrogens (tertiary/aromatic N) is 2. The lowest BCUT2D eigenvalue weighted by Gasteiger charge is -2.05. The molecule has 102 valence electrons. The molecule has 4 N–H and O–H groups in total. The zero-order valence-corrected chi connectivity index (χ0v) is 12.1. The van der Waals surface area contributed by atoms with E-state index < -0.39 is 0 Å². The summed E-state index contributed by atoms with van der Waals surface area (Å²) in [6.45, 7) is 2.17. The number of nitrogens with two attached hydrogens (primary N) is 2. The minimum Gasteiger partial charge on any atom is -0.399 e. The third-order valence-electron chi connectivity index (χ3n) is 3.27. The van der Waals surface area contributed by atoms with Gasteiger partial charge in [0.05, 0.1) is 5.39 Å². The minimum atomic E-state index is 0.542. The van der Waals surface area contributed by atoms with Crippen molar-refractivity contribution in [3.05, 3.63) is 35.5 Å². The molecule has 3 aromatic rings. The Balaban J connectivity index is 2.30.